The number of nitrogens with one attached hydrogen (secondary N) is 1. The van der Waals surface area contributed by atoms with E-state index in [1.54, 1.807) is 11.3 Å². The van der Waals surface area contributed by atoms with Crippen molar-refractivity contribution in [2.75, 3.05) is 32.9 Å². The van der Waals surface area contributed by atoms with Crippen molar-refractivity contribution in [3.8, 4) is 10.7 Å². The fourth-order valence-corrected chi connectivity index (χ4v) is 4.30. The molecule has 1 atom stereocenters. The van der Waals surface area contributed by atoms with Gasteiger partial charge >= 0.3 is 0 Å². The SMILES string of the molecule is S=c1n(C[NH+]2CCOCC2)nc(-c2cccs2)n1C[C@@H]1CCCO1. The van der Waals surface area contributed by atoms with Crippen LogP contribution in [-0.2, 0) is 22.7 Å². The van der Waals surface area contributed by atoms with Crippen molar-refractivity contribution in [2.45, 2.75) is 32.2 Å². The molecule has 2 aromatic heterocycles. The summed E-state index contributed by atoms with van der Waals surface area (Å²) < 4.78 is 16.2. The van der Waals surface area contributed by atoms with E-state index in [9.17, 15) is 0 Å². The quantitative estimate of drug-likeness (QED) is 0.807. The molecule has 2 fully saturated rings. The van der Waals surface area contributed by atoms with Gasteiger partial charge in [-0.2, -0.15) is 4.68 Å². The molecule has 0 spiro atoms. The Hall–Kier alpha value is -1.06. The van der Waals surface area contributed by atoms with E-state index in [-0.39, 0.29) is 6.10 Å². The minimum Gasteiger partial charge on any atom is -0.376 e. The Balaban J connectivity index is 1.63. The highest BCUT2D eigenvalue weighted by Gasteiger charge is 2.23. The molecule has 2 aromatic rings. The maximum absolute atomic E-state index is 5.82. The van der Waals surface area contributed by atoms with Crippen LogP contribution in [0.3, 0.4) is 0 Å². The van der Waals surface area contributed by atoms with Gasteiger partial charge in [-0.3, -0.25) is 4.57 Å². The molecule has 2 saturated heterocycles. The van der Waals surface area contributed by atoms with E-state index in [0.717, 1.165) is 74.4 Å². The molecule has 0 aliphatic carbocycles. The number of rotatable bonds is 5. The summed E-state index contributed by atoms with van der Waals surface area (Å²) in [5.41, 5.74) is 0. The monoisotopic (exact) mass is 367 g/mol. The molecule has 0 bridgehead atoms. The van der Waals surface area contributed by atoms with E-state index in [2.05, 4.69) is 22.1 Å². The summed E-state index contributed by atoms with van der Waals surface area (Å²) in [7, 11) is 0. The average molecular weight is 368 g/mol. The lowest BCUT2D eigenvalue weighted by Crippen LogP contribution is -3.13. The molecule has 6 nitrogen and oxygen atoms in total. The zero-order chi connectivity index (χ0) is 16.4. The van der Waals surface area contributed by atoms with E-state index >= 15 is 0 Å². The fraction of sp³-hybridized carbons (Fsp3) is 0.625. The standard InChI is InChI=1S/C16H22N4O2S2/c23-16-19(11-13-3-1-7-22-13)15(14-4-2-10-24-14)17-20(16)12-18-5-8-21-9-6-18/h2,4,10,13H,1,3,5-9,11-12H2/p+1/t13-/m0/s1. The van der Waals surface area contributed by atoms with Crippen LogP contribution < -0.4 is 4.90 Å². The zero-order valence-corrected chi connectivity index (χ0v) is 15.3. The molecule has 4 heterocycles. The average Bonchev–Trinajstić information content (AvgIpc) is 3.34. The van der Waals surface area contributed by atoms with E-state index in [4.69, 9.17) is 26.8 Å². The summed E-state index contributed by atoms with van der Waals surface area (Å²) in [6, 6.07) is 4.17. The van der Waals surface area contributed by atoms with Crippen LogP contribution >= 0.6 is 23.6 Å². The van der Waals surface area contributed by atoms with Crippen molar-refractivity contribution in [3.05, 3.63) is 22.3 Å². The first-order valence-corrected chi connectivity index (χ1v) is 9.84. The van der Waals surface area contributed by atoms with E-state index in [1.165, 1.54) is 4.90 Å². The van der Waals surface area contributed by atoms with Gasteiger partial charge in [0, 0.05) is 6.61 Å². The summed E-state index contributed by atoms with van der Waals surface area (Å²) >= 11 is 7.46. The number of hydrogen-bond donors (Lipinski definition) is 1. The topological polar surface area (TPSA) is 45.7 Å². The minimum atomic E-state index is 0.254. The highest BCUT2D eigenvalue weighted by Crippen LogP contribution is 2.25. The second-order valence-corrected chi connectivity index (χ2v) is 7.66. The van der Waals surface area contributed by atoms with Crippen LogP contribution in [0.2, 0.25) is 0 Å². The van der Waals surface area contributed by atoms with Crippen LogP contribution in [0.15, 0.2) is 17.5 Å². The van der Waals surface area contributed by atoms with E-state index in [1.807, 2.05) is 4.68 Å². The molecule has 0 radical (unpaired) electrons. The van der Waals surface area contributed by atoms with Crippen LogP contribution in [0.1, 0.15) is 12.8 Å². The van der Waals surface area contributed by atoms with Crippen molar-refractivity contribution in [1.82, 2.24) is 14.3 Å². The highest BCUT2D eigenvalue weighted by molar-refractivity contribution is 7.71. The number of morpholine rings is 1. The minimum absolute atomic E-state index is 0.254. The van der Waals surface area contributed by atoms with Crippen molar-refractivity contribution in [3.63, 3.8) is 0 Å². The van der Waals surface area contributed by atoms with E-state index < -0.39 is 0 Å². The maximum atomic E-state index is 5.82. The largest absolute Gasteiger partial charge is 0.376 e. The van der Waals surface area contributed by atoms with Crippen LogP contribution in [0.5, 0.6) is 0 Å². The van der Waals surface area contributed by atoms with Gasteiger partial charge in [-0.1, -0.05) is 6.07 Å². The van der Waals surface area contributed by atoms with Crippen LogP contribution in [0.4, 0.5) is 0 Å². The van der Waals surface area contributed by atoms with Gasteiger partial charge < -0.3 is 14.4 Å². The van der Waals surface area contributed by atoms with Gasteiger partial charge in [0.1, 0.15) is 13.1 Å². The first kappa shape index (κ1) is 16.4. The number of thiophene rings is 1. The van der Waals surface area contributed by atoms with Gasteiger partial charge in [0.15, 0.2) is 12.5 Å². The molecule has 0 aromatic carbocycles. The third-order valence-corrected chi connectivity index (χ3v) is 5.94. The Bertz CT molecular complexity index is 713. The number of quaternary nitrogens is 1. The Labute approximate surface area is 150 Å². The summed E-state index contributed by atoms with van der Waals surface area (Å²) in [5, 5.41) is 6.94. The van der Waals surface area contributed by atoms with Crippen molar-refractivity contribution >= 4 is 23.6 Å². The molecular weight excluding hydrogens is 344 g/mol. The van der Waals surface area contributed by atoms with Gasteiger partial charge in [-0.25, -0.2) is 0 Å². The summed E-state index contributed by atoms with van der Waals surface area (Å²) in [6.45, 7) is 6.11. The van der Waals surface area contributed by atoms with Gasteiger partial charge in [0.2, 0.25) is 4.77 Å². The predicted molar refractivity (Wildman–Crippen MR) is 94.9 cm³/mol. The zero-order valence-electron chi connectivity index (χ0n) is 13.6. The summed E-state index contributed by atoms with van der Waals surface area (Å²) in [6.07, 6.45) is 2.49. The van der Waals surface area contributed by atoms with Crippen LogP contribution in [0, 0.1) is 4.77 Å². The second kappa shape index (κ2) is 7.45. The van der Waals surface area contributed by atoms with Gasteiger partial charge in [0.25, 0.3) is 0 Å². The van der Waals surface area contributed by atoms with Crippen LogP contribution in [0.25, 0.3) is 10.7 Å². The molecular formula is C16H23N4O2S2+. The smallest absolute Gasteiger partial charge is 0.203 e. The first-order chi connectivity index (χ1) is 11.8. The normalized spacial score (nSPS) is 22.2. The van der Waals surface area contributed by atoms with E-state index in [0.29, 0.717) is 0 Å². The van der Waals surface area contributed by atoms with Crippen molar-refractivity contribution in [1.29, 1.82) is 0 Å². The third kappa shape index (κ3) is 3.48. The lowest BCUT2D eigenvalue weighted by molar-refractivity contribution is -0.930. The molecule has 0 unspecified atom stereocenters. The number of aromatic nitrogens is 3. The predicted octanol–water partition coefficient (Wildman–Crippen LogP) is 1.19. The molecule has 1 N–H and O–H groups in total. The maximum Gasteiger partial charge on any atom is 0.203 e. The Kier molecular flexibility index (Phi) is 5.09. The summed E-state index contributed by atoms with van der Waals surface area (Å²) in [4.78, 5) is 2.63. The molecule has 4 rings (SSSR count). The molecule has 0 saturated carbocycles. The van der Waals surface area contributed by atoms with Crippen molar-refractivity contribution in [2.24, 2.45) is 0 Å². The lowest BCUT2D eigenvalue weighted by Gasteiger charge is -2.23. The first-order valence-electron chi connectivity index (χ1n) is 8.56. The highest BCUT2D eigenvalue weighted by atomic mass is 32.1. The molecule has 24 heavy (non-hydrogen) atoms. The second-order valence-electron chi connectivity index (χ2n) is 6.35. The molecule has 130 valence electrons. The lowest BCUT2D eigenvalue weighted by atomic mass is 10.2. The fourth-order valence-electron chi connectivity index (χ4n) is 3.32. The Morgan fingerprint density at radius 1 is 1.33 bits per heavy atom. The molecule has 2 aliphatic rings. The van der Waals surface area contributed by atoms with Gasteiger partial charge in [-0.05, 0) is 36.5 Å². The molecule has 8 heteroatoms. The van der Waals surface area contributed by atoms with Gasteiger partial charge in [-0.15, -0.1) is 16.4 Å². The van der Waals surface area contributed by atoms with Crippen LogP contribution in [-0.4, -0.2) is 53.4 Å². The molecule has 2 aliphatic heterocycles. The number of hydrogen-bond acceptors (Lipinski definition) is 5. The van der Waals surface area contributed by atoms with Crippen molar-refractivity contribution < 1.29 is 14.4 Å². The Morgan fingerprint density at radius 3 is 2.92 bits per heavy atom. The summed E-state index contributed by atoms with van der Waals surface area (Å²) in [5.74, 6) is 0.971. The van der Waals surface area contributed by atoms with Gasteiger partial charge in [0.05, 0.1) is 30.7 Å². The Morgan fingerprint density at radius 2 is 2.21 bits per heavy atom. The number of ether oxygens (including phenoxy) is 2. The number of nitrogens with zero attached hydrogens (tertiary/aromatic N) is 3. The third-order valence-electron chi connectivity index (χ3n) is 4.65. The molecule has 0 amide bonds.